The largest absolute Gasteiger partial charge is 0.443 e. The Labute approximate surface area is 211 Å². The van der Waals surface area contributed by atoms with Gasteiger partial charge in [-0.15, -0.1) is 5.10 Å². The third kappa shape index (κ3) is 6.95. The second-order valence-corrected chi connectivity index (χ2v) is 8.81. The summed E-state index contributed by atoms with van der Waals surface area (Å²) >= 11 is 0. The Hall–Kier alpha value is -4.24. The number of ether oxygens (including phenoxy) is 1. The minimum Gasteiger partial charge on any atom is -0.443 e. The van der Waals surface area contributed by atoms with Crippen LogP contribution in [-0.2, 0) is 23.6 Å². The molecule has 0 spiro atoms. The smallest absolute Gasteiger partial charge is 0.416 e. The Morgan fingerprint density at radius 2 is 1.53 bits per heavy atom. The number of carbonyl (C=O) groups is 2. The van der Waals surface area contributed by atoms with E-state index in [2.05, 4.69) is 25.4 Å². The second-order valence-electron chi connectivity index (χ2n) is 8.81. The van der Waals surface area contributed by atoms with Crippen LogP contribution in [0.1, 0.15) is 48.1 Å². The lowest BCUT2D eigenvalue weighted by atomic mass is 10.0. The average Bonchev–Trinajstić information content (AvgIpc) is 3.24. The summed E-state index contributed by atoms with van der Waals surface area (Å²) in [5.74, 6) is -1.56. The van der Waals surface area contributed by atoms with Crippen LogP contribution in [0.15, 0.2) is 36.7 Å². The van der Waals surface area contributed by atoms with E-state index in [0.717, 1.165) is 9.58 Å². The molecule has 3 rings (SSSR count). The molecule has 0 saturated carbocycles. The van der Waals surface area contributed by atoms with Crippen LogP contribution >= 0.6 is 0 Å². The maximum atomic E-state index is 13.2. The van der Waals surface area contributed by atoms with Crippen molar-refractivity contribution in [3.8, 4) is 5.95 Å². The number of alkyl halides is 6. The highest BCUT2D eigenvalue weighted by molar-refractivity contribution is 5.94. The molecule has 1 aromatic carbocycles. The Morgan fingerprint density at radius 1 is 0.974 bits per heavy atom. The third-order valence-corrected chi connectivity index (χ3v) is 4.63. The topological polar surface area (TPSA) is 115 Å². The fourth-order valence-corrected chi connectivity index (χ4v) is 2.91. The van der Waals surface area contributed by atoms with E-state index in [-0.39, 0.29) is 23.8 Å². The summed E-state index contributed by atoms with van der Waals surface area (Å²) in [5, 5.41) is 6.35. The summed E-state index contributed by atoms with van der Waals surface area (Å²) in [5.41, 5.74) is -4.99. The quantitative estimate of drug-likeness (QED) is 0.473. The van der Waals surface area contributed by atoms with Gasteiger partial charge in [-0.3, -0.25) is 4.79 Å². The summed E-state index contributed by atoms with van der Waals surface area (Å²) in [7, 11) is 1.31. The lowest BCUT2D eigenvalue weighted by Gasteiger charge is -2.22. The first-order valence-electron chi connectivity index (χ1n) is 10.7. The van der Waals surface area contributed by atoms with Crippen LogP contribution in [0.4, 0.5) is 37.1 Å². The van der Waals surface area contributed by atoms with Gasteiger partial charge >= 0.3 is 18.4 Å². The van der Waals surface area contributed by atoms with Crippen LogP contribution in [0.2, 0.25) is 0 Å². The summed E-state index contributed by atoms with van der Waals surface area (Å²) in [6, 6.07) is 2.02. The molecule has 204 valence electrons. The number of rotatable bonds is 5. The lowest BCUT2D eigenvalue weighted by Crippen LogP contribution is -2.34. The fraction of sp³-hybridized carbons (Fsp3) is 0.364. The van der Waals surface area contributed by atoms with Crippen molar-refractivity contribution in [1.82, 2.24) is 30.0 Å². The zero-order valence-electron chi connectivity index (χ0n) is 20.3. The molecular weight excluding hydrogens is 524 g/mol. The monoisotopic (exact) mass is 545 g/mol. The first-order valence-corrected chi connectivity index (χ1v) is 10.7. The molecule has 0 atom stereocenters. The maximum absolute atomic E-state index is 13.2. The van der Waals surface area contributed by atoms with Crippen molar-refractivity contribution in [2.75, 3.05) is 11.9 Å². The molecule has 2 heterocycles. The molecule has 0 bridgehead atoms. The Balaban J connectivity index is 1.93. The molecule has 2 aromatic heterocycles. The highest BCUT2D eigenvalue weighted by Crippen LogP contribution is 2.36. The molecule has 3 aromatic rings. The van der Waals surface area contributed by atoms with Gasteiger partial charge in [-0.05, 0) is 45.0 Å². The molecular formula is C22H21F6N7O3. The van der Waals surface area contributed by atoms with Crippen LogP contribution in [0.5, 0.6) is 0 Å². The van der Waals surface area contributed by atoms with Gasteiger partial charge < -0.3 is 10.1 Å². The van der Waals surface area contributed by atoms with E-state index in [1.54, 1.807) is 20.8 Å². The summed E-state index contributed by atoms with van der Waals surface area (Å²) in [6.07, 6.45) is -8.33. The van der Waals surface area contributed by atoms with Gasteiger partial charge in [0.15, 0.2) is 5.82 Å². The van der Waals surface area contributed by atoms with E-state index in [1.165, 1.54) is 25.5 Å². The first kappa shape index (κ1) is 28.3. The van der Waals surface area contributed by atoms with E-state index in [4.69, 9.17) is 4.74 Å². The molecule has 0 aliphatic rings. The molecule has 38 heavy (non-hydrogen) atoms. The number of anilines is 1. The number of aromatic nitrogens is 5. The number of nitrogens with zero attached hydrogens (tertiary/aromatic N) is 6. The van der Waals surface area contributed by atoms with E-state index in [9.17, 15) is 35.9 Å². The van der Waals surface area contributed by atoms with Crippen LogP contribution < -0.4 is 10.2 Å². The normalized spacial score (nSPS) is 12.3. The molecule has 2 amide bonds. The molecule has 0 radical (unpaired) electrons. The van der Waals surface area contributed by atoms with Gasteiger partial charge in [0.25, 0.3) is 17.8 Å². The Bertz CT molecular complexity index is 1290. The lowest BCUT2D eigenvalue weighted by molar-refractivity contribution is -0.143. The summed E-state index contributed by atoms with van der Waals surface area (Å²) in [4.78, 5) is 38.1. The molecule has 10 nitrogen and oxygen atoms in total. The minimum atomic E-state index is -5.12. The van der Waals surface area contributed by atoms with E-state index in [0.29, 0.717) is 12.1 Å². The van der Waals surface area contributed by atoms with Crippen molar-refractivity contribution in [1.29, 1.82) is 0 Å². The SMILES string of the molecule is CN(C(=O)OC(C)(C)C)c1nc(CNC(=O)c2cc(C(F)(F)F)cc(C(F)(F)F)c2)n(-c2ncccn2)n1. The van der Waals surface area contributed by atoms with Crippen LogP contribution in [0.3, 0.4) is 0 Å². The molecule has 0 saturated heterocycles. The predicted molar refractivity (Wildman–Crippen MR) is 119 cm³/mol. The number of nitrogens with one attached hydrogen (secondary N) is 1. The minimum absolute atomic E-state index is 0.0356. The van der Waals surface area contributed by atoms with Crippen molar-refractivity contribution in [3.05, 3.63) is 59.2 Å². The van der Waals surface area contributed by atoms with Crippen LogP contribution in [-0.4, -0.2) is 49.4 Å². The van der Waals surface area contributed by atoms with Gasteiger partial charge in [-0.2, -0.15) is 36.0 Å². The van der Waals surface area contributed by atoms with Gasteiger partial charge in [-0.1, -0.05) is 0 Å². The second kappa shape index (κ2) is 10.3. The van der Waals surface area contributed by atoms with Gasteiger partial charge in [0.1, 0.15) is 5.60 Å². The van der Waals surface area contributed by atoms with Crippen molar-refractivity contribution >= 4 is 17.9 Å². The van der Waals surface area contributed by atoms with E-state index in [1.807, 2.05) is 0 Å². The summed E-state index contributed by atoms with van der Waals surface area (Å²) < 4.78 is 85.3. The van der Waals surface area contributed by atoms with Crippen molar-refractivity contribution in [2.45, 2.75) is 45.3 Å². The molecule has 0 unspecified atom stereocenters. The Kier molecular flexibility index (Phi) is 7.65. The van der Waals surface area contributed by atoms with Crippen LogP contribution in [0.25, 0.3) is 5.95 Å². The number of benzene rings is 1. The first-order chi connectivity index (χ1) is 17.5. The van der Waals surface area contributed by atoms with E-state index >= 15 is 0 Å². The standard InChI is InChI=1S/C22H21F6N7O3/c1-20(2,3)38-19(37)34(4)18-32-15(35(33-18)17-29-6-5-7-30-17)11-31-16(36)12-8-13(21(23,24)25)10-14(9-12)22(26,27)28/h5-10H,11H2,1-4H3,(H,31,36). The number of halogens is 6. The number of hydrogen-bond acceptors (Lipinski definition) is 7. The average molecular weight is 545 g/mol. The van der Waals surface area contributed by atoms with E-state index < -0.39 is 53.2 Å². The number of amides is 2. The van der Waals surface area contributed by atoms with Crippen LogP contribution in [0, 0.1) is 0 Å². The molecule has 16 heteroatoms. The third-order valence-electron chi connectivity index (χ3n) is 4.63. The Morgan fingerprint density at radius 3 is 2.03 bits per heavy atom. The zero-order valence-corrected chi connectivity index (χ0v) is 20.3. The highest BCUT2D eigenvalue weighted by atomic mass is 19.4. The predicted octanol–water partition coefficient (Wildman–Crippen LogP) is 4.40. The number of carbonyl (C=O) groups excluding carboxylic acids is 2. The molecule has 1 N–H and O–H groups in total. The van der Waals surface area contributed by atoms with Crippen molar-refractivity contribution < 1.29 is 40.7 Å². The van der Waals surface area contributed by atoms with Gasteiger partial charge in [-0.25, -0.2) is 19.7 Å². The molecule has 0 aliphatic carbocycles. The maximum Gasteiger partial charge on any atom is 0.416 e. The van der Waals surface area contributed by atoms with Gasteiger partial charge in [0, 0.05) is 25.0 Å². The van der Waals surface area contributed by atoms with Crippen molar-refractivity contribution in [2.24, 2.45) is 0 Å². The number of hydrogen-bond donors (Lipinski definition) is 1. The van der Waals surface area contributed by atoms with Crippen molar-refractivity contribution in [3.63, 3.8) is 0 Å². The molecule has 0 aliphatic heterocycles. The van der Waals surface area contributed by atoms with Gasteiger partial charge in [0.2, 0.25) is 0 Å². The zero-order chi connectivity index (χ0) is 28.5. The summed E-state index contributed by atoms with van der Waals surface area (Å²) in [6.45, 7) is 4.40. The fourth-order valence-electron chi connectivity index (χ4n) is 2.91. The molecule has 0 fully saturated rings. The van der Waals surface area contributed by atoms with Gasteiger partial charge in [0.05, 0.1) is 17.7 Å². The highest BCUT2D eigenvalue weighted by Gasteiger charge is 2.37.